The Morgan fingerprint density at radius 3 is 2.24 bits per heavy atom. The molecule has 138 valence electrons. The lowest BCUT2D eigenvalue weighted by molar-refractivity contribution is -0.130. The molecule has 25 heavy (non-hydrogen) atoms. The van der Waals surface area contributed by atoms with Crippen LogP contribution in [0.2, 0.25) is 0 Å². The van der Waals surface area contributed by atoms with Crippen molar-refractivity contribution in [2.45, 2.75) is 62.4 Å². The molecule has 0 aromatic heterocycles. The predicted octanol–water partition coefficient (Wildman–Crippen LogP) is 3.25. The van der Waals surface area contributed by atoms with Gasteiger partial charge in [-0.2, -0.15) is 0 Å². The van der Waals surface area contributed by atoms with Crippen molar-refractivity contribution in [2.75, 3.05) is 17.3 Å². The third-order valence-electron chi connectivity index (χ3n) is 4.91. The Kier molecular flexibility index (Phi) is 5.22. The molecule has 3 rings (SSSR count). The van der Waals surface area contributed by atoms with Crippen LogP contribution in [0.4, 0.5) is 0 Å². The van der Waals surface area contributed by atoms with E-state index in [4.69, 9.17) is 0 Å². The smallest absolute Gasteiger partial charge is 0.233 e. The van der Waals surface area contributed by atoms with Gasteiger partial charge in [0, 0.05) is 17.0 Å². The fraction of sp³-hybridized carbons (Fsp3) is 0.632. The zero-order chi connectivity index (χ0) is 18.2. The molecule has 1 saturated heterocycles. The quantitative estimate of drug-likeness (QED) is 0.735. The lowest BCUT2D eigenvalue weighted by Gasteiger charge is -2.28. The SMILES string of the molecule is CC(C)(C)c1ccc(SCC(=O)N(C2CC2)[C@@H]2CCS(=O)(=O)C2)cc1. The second kappa shape index (κ2) is 6.95. The first kappa shape index (κ1) is 18.8. The van der Waals surface area contributed by atoms with Gasteiger partial charge in [0.1, 0.15) is 0 Å². The molecule has 1 heterocycles. The lowest BCUT2D eigenvalue weighted by Crippen LogP contribution is -2.43. The van der Waals surface area contributed by atoms with E-state index in [-0.39, 0.29) is 34.9 Å². The number of carbonyl (C=O) groups is 1. The summed E-state index contributed by atoms with van der Waals surface area (Å²) in [5, 5.41) is 0. The molecule has 1 amide bonds. The molecule has 2 aliphatic rings. The van der Waals surface area contributed by atoms with Crippen molar-refractivity contribution in [3.63, 3.8) is 0 Å². The first-order valence-corrected chi connectivity index (χ1v) is 11.7. The summed E-state index contributed by atoms with van der Waals surface area (Å²) in [7, 11) is -2.97. The number of hydrogen-bond acceptors (Lipinski definition) is 4. The second-order valence-corrected chi connectivity index (χ2v) is 11.4. The molecule has 0 bridgehead atoms. The van der Waals surface area contributed by atoms with Crippen molar-refractivity contribution in [3.8, 4) is 0 Å². The van der Waals surface area contributed by atoms with E-state index >= 15 is 0 Å². The molecule has 0 spiro atoms. The van der Waals surface area contributed by atoms with Gasteiger partial charge in [-0.15, -0.1) is 11.8 Å². The predicted molar refractivity (Wildman–Crippen MR) is 103 cm³/mol. The molecule has 4 nitrogen and oxygen atoms in total. The number of carbonyl (C=O) groups excluding carboxylic acids is 1. The summed E-state index contributed by atoms with van der Waals surface area (Å²) < 4.78 is 23.5. The van der Waals surface area contributed by atoms with Gasteiger partial charge < -0.3 is 4.90 Å². The molecule has 0 unspecified atom stereocenters. The molecule has 2 fully saturated rings. The van der Waals surface area contributed by atoms with Gasteiger partial charge in [0.2, 0.25) is 5.91 Å². The van der Waals surface area contributed by atoms with Gasteiger partial charge in [0.25, 0.3) is 0 Å². The molecule has 1 aromatic carbocycles. The summed E-state index contributed by atoms with van der Waals surface area (Å²) in [5.41, 5.74) is 1.40. The fourth-order valence-corrected chi connectivity index (χ4v) is 5.80. The summed E-state index contributed by atoms with van der Waals surface area (Å²) in [4.78, 5) is 15.7. The average molecular weight is 382 g/mol. The summed E-state index contributed by atoms with van der Waals surface area (Å²) in [6.07, 6.45) is 2.61. The maximum absolute atomic E-state index is 12.7. The number of rotatable bonds is 5. The molecule has 1 aromatic rings. The number of benzene rings is 1. The van der Waals surface area contributed by atoms with Gasteiger partial charge in [0.05, 0.1) is 17.3 Å². The van der Waals surface area contributed by atoms with Crippen molar-refractivity contribution >= 4 is 27.5 Å². The minimum Gasteiger partial charge on any atom is -0.335 e. The molecular weight excluding hydrogens is 354 g/mol. The van der Waals surface area contributed by atoms with Crippen LogP contribution in [-0.4, -0.2) is 48.6 Å². The van der Waals surface area contributed by atoms with Crippen molar-refractivity contribution in [3.05, 3.63) is 29.8 Å². The van der Waals surface area contributed by atoms with Crippen molar-refractivity contribution in [2.24, 2.45) is 0 Å². The number of amides is 1. The highest BCUT2D eigenvalue weighted by Gasteiger charge is 2.41. The molecular formula is C19H27NO3S2. The summed E-state index contributed by atoms with van der Waals surface area (Å²) in [5.74, 6) is 0.812. The van der Waals surface area contributed by atoms with Gasteiger partial charge >= 0.3 is 0 Å². The Morgan fingerprint density at radius 2 is 1.76 bits per heavy atom. The average Bonchev–Trinajstić information content (AvgIpc) is 3.28. The third-order valence-corrected chi connectivity index (χ3v) is 7.66. The molecule has 0 radical (unpaired) electrons. The Labute approximate surface area is 155 Å². The number of nitrogens with zero attached hydrogens (tertiary/aromatic N) is 1. The Bertz CT molecular complexity index is 731. The van der Waals surface area contributed by atoms with Crippen molar-refractivity contribution < 1.29 is 13.2 Å². The van der Waals surface area contributed by atoms with E-state index in [2.05, 4.69) is 45.0 Å². The first-order valence-electron chi connectivity index (χ1n) is 8.91. The van der Waals surface area contributed by atoms with Crippen LogP contribution in [0.15, 0.2) is 29.2 Å². The minimum absolute atomic E-state index is 0.0782. The zero-order valence-corrected chi connectivity index (χ0v) is 16.8. The van der Waals surface area contributed by atoms with Gasteiger partial charge in [-0.1, -0.05) is 32.9 Å². The molecule has 1 aliphatic carbocycles. The van der Waals surface area contributed by atoms with Gasteiger partial charge in [-0.05, 0) is 42.4 Å². The topological polar surface area (TPSA) is 54.5 Å². The molecule has 1 atom stereocenters. The second-order valence-electron chi connectivity index (χ2n) is 8.15. The summed E-state index contributed by atoms with van der Waals surface area (Å²) >= 11 is 1.54. The fourth-order valence-electron chi connectivity index (χ4n) is 3.32. The maximum atomic E-state index is 12.7. The number of hydrogen-bond donors (Lipinski definition) is 0. The van der Waals surface area contributed by atoms with Crippen molar-refractivity contribution in [1.29, 1.82) is 0 Å². The first-order chi connectivity index (χ1) is 11.7. The normalized spacial score (nSPS) is 22.8. The van der Waals surface area contributed by atoms with Gasteiger partial charge in [-0.3, -0.25) is 4.79 Å². The highest BCUT2D eigenvalue weighted by Crippen LogP contribution is 2.33. The van der Waals surface area contributed by atoms with Crippen LogP contribution < -0.4 is 0 Å². The van der Waals surface area contributed by atoms with Crippen LogP contribution in [0.25, 0.3) is 0 Å². The minimum atomic E-state index is -2.97. The lowest BCUT2D eigenvalue weighted by atomic mass is 9.87. The number of thioether (sulfide) groups is 1. The summed E-state index contributed by atoms with van der Waals surface area (Å²) in [6.45, 7) is 6.55. The Morgan fingerprint density at radius 1 is 1.12 bits per heavy atom. The monoisotopic (exact) mass is 381 g/mol. The van der Waals surface area contributed by atoms with Crippen LogP contribution >= 0.6 is 11.8 Å². The highest BCUT2D eigenvalue weighted by atomic mass is 32.2. The van der Waals surface area contributed by atoms with E-state index < -0.39 is 9.84 Å². The van der Waals surface area contributed by atoms with E-state index in [0.717, 1.165) is 17.7 Å². The molecule has 6 heteroatoms. The van der Waals surface area contributed by atoms with Crippen LogP contribution in [0.1, 0.15) is 45.6 Å². The largest absolute Gasteiger partial charge is 0.335 e. The van der Waals surface area contributed by atoms with Gasteiger partial charge in [-0.25, -0.2) is 8.42 Å². The van der Waals surface area contributed by atoms with Crippen LogP contribution in [0.3, 0.4) is 0 Å². The Balaban J connectivity index is 1.61. The van der Waals surface area contributed by atoms with E-state index in [1.54, 1.807) is 0 Å². The van der Waals surface area contributed by atoms with Crippen LogP contribution in [0, 0.1) is 0 Å². The summed E-state index contributed by atoms with van der Waals surface area (Å²) in [6, 6.07) is 8.52. The molecule has 1 saturated carbocycles. The Hall–Kier alpha value is -1.01. The van der Waals surface area contributed by atoms with Crippen molar-refractivity contribution in [1.82, 2.24) is 4.90 Å². The van der Waals surface area contributed by atoms with Crippen LogP contribution in [0.5, 0.6) is 0 Å². The highest BCUT2D eigenvalue weighted by molar-refractivity contribution is 8.00. The maximum Gasteiger partial charge on any atom is 0.233 e. The van der Waals surface area contributed by atoms with E-state index in [0.29, 0.717) is 12.2 Å². The van der Waals surface area contributed by atoms with E-state index in [1.807, 2.05) is 4.90 Å². The molecule has 1 aliphatic heterocycles. The van der Waals surface area contributed by atoms with Gasteiger partial charge in [0.15, 0.2) is 9.84 Å². The standard InChI is InChI=1S/C19H27NO3S2/c1-19(2,3)14-4-8-17(9-5-14)24-12-18(21)20(15-6-7-15)16-10-11-25(22,23)13-16/h4-5,8-9,15-16H,6-7,10-13H2,1-3H3/t16-/m1/s1. The number of sulfone groups is 1. The third kappa shape index (κ3) is 4.79. The van der Waals surface area contributed by atoms with E-state index in [1.165, 1.54) is 17.3 Å². The van der Waals surface area contributed by atoms with Crippen LogP contribution in [-0.2, 0) is 20.0 Å². The van der Waals surface area contributed by atoms with E-state index in [9.17, 15) is 13.2 Å². The molecule has 0 N–H and O–H groups in total. The zero-order valence-electron chi connectivity index (χ0n) is 15.2.